The Morgan fingerprint density at radius 2 is 1.88 bits per heavy atom. The summed E-state index contributed by atoms with van der Waals surface area (Å²) in [5.41, 5.74) is 0.634. The monoisotopic (exact) mass is 363 g/mol. The summed E-state index contributed by atoms with van der Waals surface area (Å²) in [4.78, 5) is 22.3. The van der Waals surface area contributed by atoms with E-state index in [4.69, 9.17) is 4.74 Å². The van der Waals surface area contributed by atoms with Crippen molar-refractivity contribution in [1.82, 2.24) is 20.2 Å². The molecule has 0 saturated carbocycles. The molecule has 2 N–H and O–H groups in total. The molecule has 1 saturated heterocycles. The third-order valence-corrected chi connectivity index (χ3v) is 3.91. The molecule has 1 fully saturated rings. The molecule has 1 aromatic heterocycles. The summed E-state index contributed by atoms with van der Waals surface area (Å²) in [6.07, 6.45) is 2.75. The first kappa shape index (κ1) is 18.2. The standard InChI is InChI=1S/C17H19F2N5O2/c18-14-2-1-13(9-15(14)19)23-17-21-10-12(11-22-17)16(25)20-3-4-24-5-7-26-8-6-24/h1-2,9-11H,3-8H2,(H,20,25)(H,21,22,23). The molecule has 1 aromatic carbocycles. The molecule has 9 heteroatoms. The minimum absolute atomic E-state index is 0.181. The first-order valence-corrected chi connectivity index (χ1v) is 8.24. The maximum absolute atomic E-state index is 13.2. The predicted octanol–water partition coefficient (Wildman–Crippen LogP) is 1.56. The zero-order valence-electron chi connectivity index (χ0n) is 14.0. The van der Waals surface area contributed by atoms with Gasteiger partial charge in [-0.05, 0) is 12.1 Å². The molecule has 1 aliphatic rings. The van der Waals surface area contributed by atoms with Crippen LogP contribution in [0.25, 0.3) is 0 Å². The number of nitrogens with one attached hydrogen (secondary N) is 2. The Morgan fingerprint density at radius 1 is 1.15 bits per heavy atom. The first-order chi connectivity index (χ1) is 12.6. The van der Waals surface area contributed by atoms with E-state index in [0.717, 1.165) is 31.8 Å². The molecule has 138 valence electrons. The number of carbonyl (C=O) groups excluding carboxylic acids is 1. The van der Waals surface area contributed by atoms with Crippen LogP contribution in [0.2, 0.25) is 0 Å². The number of morpholine rings is 1. The average molecular weight is 363 g/mol. The van der Waals surface area contributed by atoms with Crippen LogP contribution in [-0.4, -0.2) is 60.2 Å². The number of benzene rings is 1. The van der Waals surface area contributed by atoms with E-state index in [2.05, 4.69) is 25.5 Å². The summed E-state index contributed by atoms with van der Waals surface area (Å²) in [6.45, 7) is 4.44. The third-order valence-electron chi connectivity index (χ3n) is 3.91. The maximum Gasteiger partial charge on any atom is 0.254 e. The van der Waals surface area contributed by atoms with Gasteiger partial charge in [0.15, 0.2) is 11.6 Å². The highest BCUT2D eigenvalue weighted by Crippen LogP contribution is 2.16. The van der Waals surface area contributed by atoms with E-state index in [-0.39, 0.29) is 11.9 Å². The SMILES string of the molecule is O=C(NCCN1CCOCC1)c1cnc(Nc2ccc(F)c(F)c2)nc1. The van der Waals surface area contributed by atoms with Crippen molar-refractivity contribution in [3.8, 4) is 0 Å². The van der Waals surface area contributed by atoms with E-state index in [1.807, 2.05) is 0 Å². The Kier molecular flexibility index (Phi) is 6.03. The van der Waals surface area contributed by atoms with Gasteiger partial charge >= 0.3 is 0 Å². The zero-order chi connectivity index (χ0) is 18.4. The number of nitrogens with zero attached hydrogens (tertiary/aromatic N) is 3. The van der Waals surface area contributed by atoms with Gasteiger partial charge in [0.1, 0.15) is 0 Å². The minimum Gasteiger partial charge on any atom is -0.379 e. The van der Waals surface area contributed by atoms with Crippen molar-refractivity contribution in [2.24, 2.45) is 0 Å². The van der Waals surface area contributed by atoms with Gasteiger partial charge in [-0.25, -0.2) is 18.7 Å². The summed E-state index contributed by atoms with van der Waals surface area (Å²) in [5.74, 6) is -1.98. The smallest absolute Gasteiger partial charge is 0.254 e. The third kappa shape index (κ3) is 4.93. The van der Waals surface area contributed by atoms with Crippen molar-refractivity contribution in [3.63, 3.8) is 0 Å². The fourth-order valence-electron chi connectivity index (χ4n) is 2.47. The van der Waals surface area contributed by atoms with Crippen LogP contribution in [0.5, 0.6) is 0 Å². The molecule has 0 bridgehead atoms. The molecule has 0 unspecified atom stereocenters. The molecular weight excluding hydrogens is 344 g/mol. The van der Waals surface area contributed by atoms with Gasteiger partial charge < -0.3 is 15.4 Å². The van der Waals surface area contributed by atoms with E-state index in [1.165, 1.54) is 18.5 Å². The molecule has 0 atom stereocenters. The Balaban J connectivity index is 1.49. The summed E-state index contributed by atoms with van der Waals surface area (Å²) in [5, 5.41) is 5.56. The van der Waals surface area contributed by atoms with E-state index < -0.39 is 11.6 Å². The predicted molar refractivity (Wildman–Crippen MR) is 91.3 cm³/mol. The normalized spacial score (nSPS) is 14.8. The highest BCUT2D eigenvalue weighted by Gasteiger charge is 2.11. The van der Waals surface area contributed by atoms with Crippen LogP contribution >= 0.6 is 0 Å². The van der Waals surface area contributed by atoms with Crippen LogP contribution in [0.4, 0.5) is 20.4 Å². The van der Waals surface area contributed by atoms with Crippen molar-refractivity contribution >= 4 is 17.5 Å². The molecule has 1 aliphatic heterocycles. The fourth-order valence-corrected chi connectivity index (χ4v) is 2.47. The summed E-state index contributed by atoms with van der Waals surface area (Å²) >= 11 is 0. The average Bonchev–Trinajstić information content (AvgIpc) is 2.66. The van der Waals surface area contributed by atoms with E-state index >= 15 is 0 Å². The van der Waals surface area contributed by atoms with Crippen molar-refractivity contribution in [3.05, 3.63) is 47.8 Å². The Morgan fingerprint density at radius 3 is 2.58 bits per heavy atom. The lowest BCUT2D eigenvalue weighted by Gasteiger charge is -2.26. The molecule has 0 aliphatic carbocycles. The number of ether oxygens (including phenoxy) is 1. The maximum atomic E-state index is 13.2. The first-order valence-electron chi connectivity index (χ1n) is 8.24. The van der Waals surface area contributed by atoms with Gasteiger partial charge in [-0.3, -0.25) is 9.69 Å². The molecule has 7 nitrogen and oxygen atoms in total. The van der Waals surface area contributed by atoms with E-state index in [1.54, 1.807) is 0 Å². The highest BCUT2D eigenvalue weighted by molar-refractivity contribution is 5.93. The largest absolute Gasteiger partial charge is 0.379 e. The summed E-state index contributed by atoms with van der Waals surface area (Å²) < 4.78 is 31.4. The van der Waals surface area contributed by atoms with E-state index in [9.17, 15) is 13.6 Å². The van der Waals surface area contributed by atoms with E-state index in [0.29, 0.717) is 31.0 Å². The number of anilines is 2. The zero-order valence-corrected chi connectivity index (χ0v) is 14.0. The van der Waals surface area contributed by atoms with Crippen molar-refractivity contribution < 1.29 is 18.3 Å². The Labute approximate surface area is 149 Å². The second kappa shape index (κ2) is 8.63. The molecular formula is C17H19F2N5O2. The van der Waals surface area contributed by atoms with Crippen LogP contribution in [0.3, 0.4) is 0 Å². The summed E-state index contributed by atoms with van der Waals surface area (Å²) in [6, 6.07) is 3.38. The topological polar surface area (TPSA) is 79.4 Å². The van der Waals surface area contributed by atoms with Gasteiger partial charge in [-0.15, -0.1) is 0 Å². The molecule has 0 spiro atoms. The van der Waals surface area contributed by atoms with Gasteiger partial charge in [0.05, 0.1) is 18.8 Å². The van der Waals surface area contributed by atoms with Gasteiger partial charge in [-0.2, -0.15) is 0 Å². The number of rotatable bonds is 6. The number of hydrogen-bond donors (Lipinski definition) is 2. The number of halogens is 2. The van der Waals surface area contributed by atoms with Crippen LogP contribution in [0, 0.1) is 11.6 Å². The molecule has 26 heavy (non-hydrogen) atoms. The fraction of sp³-hybridized carbons (Fsp3) is 0.353. The second-order valence-electron chi connectivity index (χ2n) is 5.76. The van der Waals surface area contributed by atoms with Gasteiger partial charge in [0, 0.05) is 50.3 Å². The van der Waals surface area contributed by atoms with Crippen LogP contribution < -0.4 is 10.6 Å². The minimum atomic E-state index is -0.966. The molecule has 0 radical (unpaired) electrons. The number of amides is 1. The molecule has 2 heterocycles. The summed E-state index contributed by atoms with van der Waals surface area (Å²) in [7, 11) is 0. The van der Waals surface area contributed by atoms with Crippen molar-refractivity contribution in [1.29, 1.82) is 0 Å². The van der Waals surface area contributed by atoms with Crippen LogP contribution in [0.15, 0.2) is 30.6 Å². The van der Waals surface area contributed by atoms with Crippen molar-refractivity contribution in [2.45, 2.75) is 0 Å². The van der Waals surface area contributed by atoms with Gasteiger partial charge in [0.25, 0.3) is 5.91 Å². The Hall–Kier alpha value is -2.65. The Bertz CT molecular complexity index is 751. The highest BCUT2D eigenvalue weighted by atomic mass is 19.2. The second-order valence-corrected chi connectivity index (χ2v) is 5.76. The number of carbonyl (C=O) groups is 1. The quantitative estimate of drug-likeness (QED) is 0.811. The lowest BCUT2D eigenvalue weighted by molar-refractivity contribution is 0.0383. The van der Waals surface area contributed by atoms with Gasteiger partial charge in [-0.1, -0.05) is 0 Å². The molecule has 3 rings (SSSR count). The van der Waals surface area contributed by atoms with Crippen molar-refractivity contribution in [2.75, 3.05) is 44.7 Å². The van der Waals surface area contributed by atoms with Gasteiger partial charge in [0.2, 0.25) is 5.95 Å². The van der Waals surface area contributed by atoms with Crippen LogP contribution in [0.1, 0.15) is 10.4 Å². The molecule has 2 aromatic rings. The lowest BCUT2D eigenvalue weighted by atomic mass is 10.3. The molecule has 1 amide bonds. The lowest BCUT2D eigenvalue weighted by Crippen LogP contribution is -2.41. The van der Waals surface area contributed by atoms with Crippen LogP contribution in [-0.2, 0) is 4.74 Å². The number of aromatic nitrogens is 2. The number of hydrogen-bond acceptors (Lipinski definition) is 6.